The predicted molar refractivity (Wildman–Crippen MR) is 97.9 cm³/mol. The fraction of sp³-hybridized carbons (Fsp3) is 0.111. The zero-order valence-electron chi connectivity index (χ0n) is 14.7. The van der Waals surface area contributed by atoms with Gasteiger partial charge in [-0.3, -0.25) is 4.79 Å². The summed E-state index contributed by atoms with van der Waals surface area (Å²) in [6, 6.07) is 3.80. The first kappa shape index (κ1) is 21.1. The van der Waals surface area contributed by atoms with Crippen LogP contribution in [-0.2, 0) is 17.4 Å². The molecular weight excluding hydrogens is 431 g/mol. The van der Waals surface area contributed by atoms with E-state index in [0.29, 0.717) is 0 Å². The first-order valence-corrected chi connectivity index (χ1v) is 8.47. The van der Waals surface area contributed by atoms with Crippen molar-refractivity contribution >= 4 is 40.8 Å². The standard InChI is InChI=1S/C18H11ClF3N3O5/c19-13-4-10(18(20,21)22)6-25-7-12(24-15(13)25)5-14(26)23-11-2-8(16(27)28)1-9(3-11)17(29)30/h1-4,6-7H,5H2,(H,23,26)(H,27,28)(H,29,30). The third-order valence-corrected chi connectivity index (χ3v) is 4.21. The zero-order valence-corrected chi connectivity index (χ0v) is 15.5. The van der Waals surface area contributed by atoms with Gasteiger partial charge < -0.3 is 19.9 Å². The van der Waals surface area contributed by atoms with Gasteiger partial charge in [0.25, 0.3) is 0 Å². The van der Waals surface area contributed by atoms with Crippen LogP contribution in [0.4, 0.5) is 18.9 Å². The second-order valence-corrected chi connectivity index (χ2v) is 6.58. The van der Waals surface area contributed by atoms with E-state index in [-0.39, 0.29) is 39.6 Å². The third kappa shape index (κ3) is 4.51. The number of anilines is 1. The Morgan fingerprint density at radius 1 is 1.03 bits per heavy atom. The number of rotatable bonds is 5. The van der Waals surface area contributed by atoms with Gasteiger partial charge in [-0.15, -0.1) is 0 Å². The molecule has 3 aromatic rings. The Bertz CT molecular complexity index is 1160. The van der Waals surface area contributed by atoms with E-state index < -0.39 is 29.6 Å². The smallest absolute Gasteiger partial charge is 0.417 e. The van der Waals surface area contributed by atoms with Crippen LogP contribution in [0.5, 0.6) is 0 Å². The number of aromatic carboxylic acids is 2. The van der Waals surface area contributed by atoms with Crippen LogP contribution >= 0.6 is 11.6 Å². The van der Waals surface area contributed by atoms with Crippen LogP contribution in [0.25, 0.3) is 5.65 Å². The second-order valence-electron chi connectivity index (χ2n) is 6.17. The normalized spacial score (nSPS) is 11.5. The lowest BCUT2D eigenvalue weighted by molar-refractivity contribution is -0.137. The molecule has 2 aromatic heterocycles. The summed E-state index contributed by atoms with van der Waals surface area (Å²) in [5.74, 6) is -3.46. The number of carboxylic acid groups (broad SMARTS) is 2. The van der Waals surface area contributed by atoms with Gasteiger partial charge >= 0.3 is 18.1 Å². The zero-order chi connectivity index (χ0) is 22.2. The molecule has 30 heavy (non-hydrogen) atoms. The Morgan fingerprint density at radius 3 is 2.17 bits per heavy atom. The van der Waals surface area contributed by atoms with E-state index in [1.807, 2.05) is 0 Å². The van der Waals surface area contributed by atoms with Crippen LogP contribution in [0, 0.1) is 0 Å². The Morgan fingerprint density at radius 2 is 1.63 bits per heavy atom. The molecule has 3 N–H and O–H groups in total. The molecule has 0 bridgehead atoms. The van der Waals surface area contributed by atoms with Crippen molar-refractivity contribution in [2.24, 2.45) is 0 Å². The van der Waals surface area contributed by atoms with Crippen LogP contribution in [-0.4, -0.2) is 37.4 Å². The van der Waals surface area contributed by atoms with Gasteiger partial charge in [0.1, 0.15) is 0 Å². The molecule has 0 unspecified atom stereocenters. The van der Waals surface area contributed by atoms with Gasteiger partial charge in [0.2, 0.25) is 5.91 Å². The van der Waals surface area contributed by atoms with E-state index in [2.05, 4.69) is 10.3 Å². The van der Waals surface area contributed by atoms with E-state index in [9.17, 15) is 27.6 Å². The minimum atomic E-state index is -4.61. The Balaban J connectivity index is 1.84. The first-order valence-electron chi connectivity index (χ1n) is 8.10. The van der Waals surface area contributed by atoms with Crippen molar-refractivity contribution in [2.75, 3.05) is 5.32 Å². The molecule has 156 valence electrons. The second kappa shape index (κ2) is 7.67. The Labute approximate surface area is 170 Å². The number of imidazole rings is 1. The number of carbonyl (C=O) groups is 3. The largest absolute Gasteiger partial charge is 0.478 e. The highest BCUT2D eigenvalue weighted by molar-refractivity contribution is 6.33. The number of nitrogens with zero attached hydrogens (tertiary/aromatic N) is 2. The summed E-state index contributed by atoms with van der Waals surface area (Å²) in [6.45, 7) is 0. The van der Waals surface area contributed by atoms with E-state index in [1.165, 1.54) is 6.20 Å². The van der Waals surface area contributed by atoms with Crippen molar-refractivity contribution < 1.29 is 37.8 Å². The van der Waals surface area contributed by atoms with Crippen LogP contribution in [0.3, 0.4) is 0 Å². The van der Waals surface area contributed by atoms with Gasteiger partial charge in [-0.05, 0) is 24.3 Å². The molecule has 3 rings (SSSR count). The number of carboxylic acids is 2. The van der Waals surface area contributed by atoms with Crippen LogP contribution in [0.15, 0.2) is 36.7 Å². The molecule has 0 aliphatic heterocycles. The summed E-state index contributed by atoms with van der Waals surface area (Å²) in [7, 11) is 0. The molecule has 12 heteroatoms. The molecule has 0 fully saturated rings. The molecule has 0 aliphatic carbocycles. The molecule has 8 nitrogen and oxygen atoms in total. The molecule has 0 spiro atoms. The third-order valence-electron chi connectivity index (χ3n) is 3.94. The number of hydrogen-bond acceptors (Lipinski definition) is 4. The van der Waals surface area contributed by atoms with Gasteiger partial charge in [-0.2, -0.15) is 13.2 Å². The number of benzene rings is 1. The average Bonchev–Trinajstić information content (AvgIpc) is 3.03. The summed E-state index contributed by atoms with van der Waals surface area (Å²) < 4.78 is 39.7. The summed E-state index contributed by atoms with van der Waals surface area (Å²) in [6.07, 6.45) is -3.01. The van der Waals surface area contributed by atoms with Gasteiger partial charge in [0.05, 0.1) is 33.8 Å². The van der Waals surface area contributed by atoms with Crippen molar-refractivity contribution in [2.45, 2.75) is 12.6 Å². The quantitative estimate of drug-likeness (QED) is 0.556. The highest BCUT2D eigenvalue weighted by atomic mass is 35.5. The molecule has 0 saturated heterocycles. The molecule has 0 saturated carbocycles. The molecule has 2 heterocycles. The van der Waals surface area contributed by atoms with Crippen molar-refractivity contribution in [3.63, 3.8) is 0 Å². The summed E-state index contributed by atoms with van der Waals surface area (Å²) in [5.41, 5.74) is -1.62. The summed E-state index contributed by atoms with van der Waals surface area (Å²) >= 11 is 5.85. The lowest BCUT2D eigenvalue weighted by Gasteiger charge is -2.07. The van der Waals surface area contributed by atoms with E-state index in [1.54, 1.807) is 0 Å². The maximum atomic E-state index is 12.9. The first-order chi connectivity index (χ1) is 13.9. The lowest BCUT2D eigenvalue weighted by Crippen LogP contribution is -2.16. The number of halogens is 4. The van der Waals surface area contributed by atoms with Crippen molar-refractivity contribution in [1.29, 1.82) is 0 Å². The monoisotopic (exact) mass is 441 g/mol. The fourth-order valence-electron chi connectivity index (χ4n) is 2.66. The van der Waals surface area contributed by atoms with E-state index in [4.69, 9.17) is 21.8 Å². The van der Waals surface area contributed by atoms with Gasteiger partial charge in [-0.1, -0.05) is 11.6 Å². The number of pyridine rings is 1. The highest BCUT2D eigenvalue weighted by Gasteiger charge is 2.32. The number of aromatic nitrogens is 2. The SMILES string of the molecule is O=C(Cc1cn2cc(C(F)(F)F)cc(Cl)c2n1)Nc1cc(C(=O)O)cc(C(=O)O)c1. The topological polar surface area (TPSA) is 121 Å². The minimum absolute atomic E-state index is 0.0218. The van der Waals surface area contributed by atoms with Crippen molar-refractivity contribution in [3.8, 4) is 0 Å². The van der Waals surface area contributed by atoms with Crippen LogP contribution in [0.2, 0.25) is 5.02 Å². The number of amides is 1. The Hall–Kier alpha value is -3.60. The molecule has 1 amide bonds. The van der Waals surface area contributed by atoms with Gasteiger partial charge in [0, 0.05) is 18.1 Å². The average molecular weight is 442 g/mol. The van der Waals surface area contributed by atoms with Gasteiger partial charge in [0.15, 0.2) is 5.65 Å². The predicted octanol–water partition coefficient (Wildman–Crippen LogP) is 3.58. The van der Waals surface area contributed by atoms with Gasteiger partial charge in [-0.25, -0.2) is 14.6 Å². The Kier molecular flexibility index (Phi) is 5.40. The lowest BCUT2D eigenvalue weighted by atomic mass is 10.1. The van der Waals surface area contributed by atoms with E-state index in [0.717, 1.165) is 34.9 Å². The van der Waals surface area contributed by atoms with E-state index >= 15 is 0 Å². The number of hydrogen-bond donors (Lipinski definition) is 3. The number of carbonyl (C=O) groups excluding carboxylic acids is 1. The number of nitrogens with one attached hydrogen (secondary N) is 1. The maximum absolute atomic E-state index is 12.9. The fourth-order valence-corrected chi connectivity index (χ4v) is 2.92. The minimum Gasteiger partial charge on any atom is -0.478 e. The molecular formula is C18H11ClF3N3O5. The molecule has 0 aliphatic rings. The number of alkyl halides is 3. The van der Waals surface area contributed by atoms with Crippen molar-refractivity contribution in [1.82, 2.24) is 9.38 Å². The summed E-state index contributed by atoms with van der Waals surface area (Å²) in [4.78, 5) is 38.5. The van der Waals surface area contributed by atoms with Crippen LogP contribution < -0.4 is 5.32 Å². The number of fused-ring (bicyclic) bond motifs is 1. The van der Waals surface area contributed by atoms with Crippen molar-refractivity contribution in [3.05, 3.63) is 64.1 Å². The summed E-state index contributed by atoms with van der Waals surface area (Å²) in [5, 5.41) is 20.2. The highest BCUT2D eigenvalue weighted by Crippen LogP contribution is 2.32. The molecule has 1 aromatic carbocycles. The molecule has 0 radical (unpaired) electrons. The molecule has 0 atom stereocenters. The van der Waals surface area contributed by atoms with Crippen LogP contribution in [0.1, 0.15) is 32.0 Å². The maximum Gasteiger partial charge on any atom is 0.417 e.